The molecular formula is C75H71N3. The summed E-state index contributed by atoms with van der Waals surface area (Å²) < 4.78 is 0. The molecule has 13 rings (SSSR count). The molecular weight excluding hydrogens is 943 g/mol. The number of anilines is 9. The number of fused-ring (bicyclic) bond motifs is 1. The van der Waals surface area contributed by atoms with Crippen molar-refractivity contribution in [1.82, 2.24) is 0 Å². The van der Waals surface area contributed by atoms with Crippen LogP contribution in [0.3, 0.4) is 0 Å². The second kappa shape index (κ2) is 17.4. The summed E-state index contributed by atoms with van der Waals surface area (Å²) >= 11 is 0. The Kier molecular flexibility index (Phi) is 11.0. The Morgan fingerprint density at radius 1 is 0.308 bits per heavy atom. The van der Waals surface area contributed by atoms with Crippen LogP contribution >= 0.6 is 0 Å². The van der Waals surface area contributed by atoms with Crippen molar-refractivity contribution in [2.75, 3.05) is 14.7 Å². The second-order valence-corrected chi connectivity index (χ2v) is 25.9. The Morgan fingerprint density at radius 2 is 0.679 bits per heavy atom. The van der Waals surface area contributed by atoms with Gasteiger partial charge in [0, 0.05) is 50.1 Å². The van der Waals surface area contributed by atoms with Crippen molar-refractivity contribution in [3.8, 4) is 22.3 Å². The van der Waals surface area contributed by atoms with Crippen LogP contribution in [0, 0.1) is 0 Å². The summed E-state index contributed by atoms with van der Waals surface area (Å²) in [5.74, 6) is 0. The molecule has 3 heteroatoms. The summed E-state index contributed by atoms with van der Waals surface area (Å²) in [6.45, 7) is 28.5. The summed E-state index contributed by atoms with van der Waals surface area (Å²) in [5, 5.41) is 2.45. The molecule has 0 spiro atoms. The van der Waals surface area contributed by atoms with Gasteiger partial charge in [0.25, 0.3) is 0 Å². The largest absolute Gasteiger partial charge is 0.311 e. The van der Waals surface area contributed by atoms with E-state index >= 15 is 0 Å². The summed E-state index contributed by atoms with van der Waals surface area (Å²) in [6, 6.07) is 80.2. The van der Waals surface area contributed by atoms with Crippen LogP contribution < -0.4 is 14.7 Å². The molecule has 0 aliphatic carbocycles. The van der Waals surface area contributed by atoms with Crippen molar-refractivity contribution < 1.29 is 0 Å². The smallest absolute Gasteiger partial charge is 0.0544 e. The van der Waals surface area contributed by atoms with Crippen molar-refractivity contribution in [2.45, 2.75) is 110 Å². The highest BCUT2D eigenvalue weighted by Crippen LogP contribution is 2.67. The van der Waals surface area contributed by atoms with Crippen LogP contribution in [0.1, 0.15) is 128 Å². The monoisotopic (exact) mass is 1010 g/mol. The number of rotatable bonds is 8. The first-order chi connectivity index (χ1) is 37.2. The van der Waals surface area contributed by atoms with E-state index in [1.165, 1.54) is 94.6 Å². The van der Waals surface area contributed by atoms with Crippen LogP contribution in [-0.4, -0.2) is 0 Å². The molecule has 10 aromatic carbocycles. The van der Waals surface area contributed by atoms with E-state index in [1.54, 1.807) is 0 Å². The van der Waals surface area contributed by atoms with Gasteiger partial charge in [-0.2, -0.15) is 0 Å². The third-order valence-corrected chi connectivity index (χ3v) is 17.9. The summed E-state index contributed by atoms with van der Waals surface area (Å²) in [5.41, 5.74) is 26.0. The maximum atomic E-state index is 2.70. The van der Waals surface area contributed by atoms with E-state index in [2.05, 4.69) is 310 Å². The van der Waals surface area contributed by atoms with E-state index in [1.807, 2.05) is 0 Å². The normalized spacial score (nSPS) is 15.2. The first kappa shape index (κ1) is 49.4. The lowest BCUT2D eigenvalue weighted by Gasteiger charge is -2.55. The number of benzene rings is 10. The molecule has 3 aliphatic rings. The average molecular weight is 1010 g/mol. The van der Waals surface area contributed by atoms with E-state index in [0.717, 1.165) is 34.1 Å². The zero-order valence-corrected chi connectivity index (χ0v) is 47.5. The molecule has 0 unspecified atom stereocenters. The molecule has 78 heavy (non-hydrogen) atoms. The fourth-order valence-electron chi connectivity index (χ4n) is 13.3. The minimum atomic E-state index is -0.352. The Balaban J connectivity index is 0.973. The van der Waals surface area contributed by atoms with Crippen LogP contribution in [0.2, 0.25) is 0 Å². The van der Waals surface area contributed by atoms with Crippen molar-refractivity contribution in [3.63, 3.8) is 0 Å². The number of hydrogen-bond acceptors (Lipinski definition) is 3. The van der Waals surface area contributed by atoms with Crippen molar-refractivity contribution >= 4 is 62.0 Å². The Morgan fingerprint density at radius 3 is 1.15 bits per heavy atom. The van der Waals surface area contributed by atoms with Gasteiger partial charge >= 0.3 is 0 Å². The van der Waals surface area contributed by atoms with Gasteiger partial charge in [-0.05, 0) is 174 Å². The molecule has 3 aliphatic heterocycles. The zero-order valence-electron chi connectivity index (χ0n) is 47.5. The average Bonchev–Trinajstić information content (AvgIpc) is 2.39. The molecule has 0 radical (unpaired) electrons. The van der Waals surface area contributed by atoms with Crippen LogP contribution in [0.15, 0.2) is 212 Å². The minimum absolute atomic E-state index is 0.0577. The predicted octanol–water partition coefficient (Wildman–Crippen LogP) is 21.1. The lowest BCUT2D eigenvalue weighted by atomic mass is 9.60. The first-order valence-electron chi connectivity index (χ1n) is 28.1. The van der Waals surface area contributed by atoms with Crippen molar-refractivity contribution in [3.05, 3.63) is 257 Å². The van der Waals surface area contributed by atoms with E-state index in [4.69, 9.17) is 0 Å². The van der Waals surface area contributed by atoms with E-state index < -0.39 is 0 Å². The Bertz CT molecular complexity index is 3980. The molecule has 10 aromatic rings. The summed E-state index contributed by atoms with van der Waals surface area (Å²) in [4.78, 5) is 7.50. The minimum Gasteiger partial charge on any atom is -0.311 e. The third-order valence-electron chi connectivity index (χ3n) is 17.9. The summed E-state index contributed by atoms with van der Waals surface area (Å²) in [6.07, 6.45) is 0. The molecule has 0 aromatic heterocycles. The van der Waals surface area contributed by atoms with Crippen molar-refractivity contribution in [1.29, 1.82) is 0 Å². The van der Waals surface area contributed by atoms with Gasteiger partial charge in [0.2, 0.25) is 0 Å². The fraction of sp³-hybridized carbons (Fsp3) is 0.227. The van der Waals surface area contributed by atoms with Gasteiger partial charge in [0.15, 0.2) is 0 Å². The maximum Gasteiger partial charge on any atom is 0.0544 e. The molecule has 0 atom stereocenters. The SMILES string of the molecule is CC(C)(C)c1ccc(N(c2ccccc2)c2ccc(-c3cc4c5c(c3)C(C)(C)c3cc(-c6ccc(N(c7ccccc7)c7ccc(C(C)(C)C)cc7)c7ccccc67)cc6c3N5c3c(cccc3C6(C)C)C4(C)C)cc2)cc1. The van der Waals surface area contributed by atoms with Crippen LogP contribution in [-0.2, 0) is 27.1 Å². The van der Waals surface area contributed by atoms with Gasteiger partial charge in [0.1, 0.15) is 0 Å². The maximum absolute atomic E-state index is 2.70. The van der Waals surface area contributed by atoms with Crippen molar-refractivity contribution in [2.24, 2.45) is 0 Å². The van der Waals surface area contributed by atoms with Gasteiger partial charge in [-0.3, -0.25) is 0 Å². The molecule has 0 saturated carbocycles. The second-order valence-electron chi connectivity index (χ2n) is 25.9. The van der Waals surface area contributed by atoms with Gasteiger partial charge in [-0.15, -0.1) is 0 Å². The van der Waals surface area contributed by atoms with E-state index in [-0.39, 0.29) is 27.1 Å². The lowest BCUT2D eigenvalue weighted by Crippen LogP contribution is -2.43. The highest BCUT2D eigenvalue weighted by molar-refractivity contribution is 6.08. The lowest BCUT2D eigenvalue weighted by molar-refractivity contribution is 0.567. The summed E-state index contributed by atoms with van der Waals surface area (Å²) in [7, 11) is 0. The van der Waals surface area contributed by atoms with E-state index in [0.29, 0.717) is 0 Å². The van der Waals surface area contributed by atoms with Crippen LogP contribution in [0.25, 0.3) is 33.0 Å². The highest BCUT2D eigenvalue weighted by atomic mass is 15.2. The molecule has 3 heterocycles. The molecule has 0 bridgehead atoms. The third kappa shape index (κ3) is 7.59. The van der Waals surface area contributed by atoms with Crippen LogP contribution in [0.5, 0.6) is 0 Å². The molecule has 0 saturated heterocycles. The molecule has 0 amide bonds. The molecule has 386 valence electrons. The Labute approximate surface area is 463 Å². The van der Waals surface area contributed by atoms with Crippen LogP contribution in [0.4, 0.5) is 51.2 Å². The Hall–Kier alpha value is -8.14. The van der Waals surface area contributed by atoms with Gasteiger partial charge in [0.05, 0.1) is 22.7 Å². The molecule has 3 nitrogen and oxygen atoms in total. The topological polar surface area (TPSA) is 9.72 Å². The molecule has 0 fully saturated rings. The fourth-order valence-corrected chi connectivity index (χ4v) is 13.3. The van der Waals surface area contributed by atoms with Gasteiger partial charge in [-0.25, -0.2) is 0 Å². The number of hydrogen-bond donors (Lipinski definition) is 0. The predicted molar refractivity (Wildman–Crippen MR) is 333 cm³/mol. The first-order valence-corrected chi connectivity index (χ1v) is 28.1. The highest BCUT2D eigenvalue weighted by Gasteiger charge is 2.52. The molecule has 0 N–H and O–H groups in total. The quantitative estimate of drug-likeness (QED) is 0.150. The standard InChI is InChI=1S/C75H71N3/c1-71(2,3)51-32-38-56(39-33-51)76(53-22-15-13-16-23-53)55-36-30-48(31-37-55)49-44-63-69-64(45-49)75(11,12)66-47-50(46-65-70(66)78(69)68-61(73(63,7)8)28-21-29-62(68)74(65,9)10)58-42-43-67(60-27-20-19-26-59(58)60)77(54-24-17-14-18-25-54)57-40-34-52(35-41-57)72(4,5)6/h13-47H,1-12H3. The van der Waals surface area contributed by atoms with Gasteiger partial charge < -0.3 is 14.7 Å². The number of para-hydroxylation sites is 3. The van der Waals surface area contributed by atoms with Gasteiger partial charge in [-0.1, -0.05) is 204 Å². The number of nitrogens with zero attached hydrogens (tertiary/aromatic N) is 3. The van der Waals surface area contributed by atoms with E-state index in [9.17, 15) is 0 Å². The zero-order chi connectivity index (χ0) is 54.3.